The van der Waals surface area contributed by atoms with Crippen LogP contribution in [0.5, 0.6) is 11.5 Å². The maximum absolute atomic E-state index is 12.4. The van der Waals surface area contributed by atoms with Gasteiger partial charge in [0.05, 0.1) is 11.2 Å². The Morgan fingerprint density at radius 1 is 1.34 bits per heavy atom. The molecule has 1 aliphatic rings. The van der Waals surface area contributed by atoms with Crippen molar-refractivity contribution in [2.24, 2.45) is 7.05 Å². The first-order valence-corrected chi connectivity index (χ1v) is 9.30. The Morgan fingerprint density at radius 3 is 2.86 bits per heavy atom. The molecular weight excluding hydrogens is 376 g/mol. The molecule has 3 heterocycles. The molecule has 0 aliphatic carbocycles. The second-order valence-corrected chi connectivity index (χ2v) is 7.07. The first-order valence-electron chi connectivity index (χ1n) is 9.30. The number of aromatic nitrogens is 2. The average Bonchev–Trinajstić information content (AvgIpc) is 2.96. The predicted molar refractivity (Wildman–Crippen MR) is 109 cm³/mol. The number of fused-ring (bicyclic) bond motifs is 4. The maximum atomic E-state index is 12.4. The summed E-state index contributed by atoms with van der Waals surface area (Å²) in [5.41, 5.74) is 3.87. The number of hydrogen-bond donors (Lipinski definition) is 5. The summed E-state index contributed by atoms with van der Waals surface area (Å²) in [6.45, 7) is 1.38. The Labute approximate surface area is 165 Å². The highest BCUT2D eigenvalue weighted by atomic mass is 16.7. The zero-order valence-electron chi connectivity index (χ0n) is 16.1. The van der Waals surface area contributed by atoms with Crippen molar-refractivity contribution in [2.45, 2.75) is 19.4 Å². The fourth-order valence-corrected chi connectivity index (χ4v) is 3.90. The number of aromatic hydroxyl groups is 1. The quantitative estimate of drug-likeness (QED) is 0.428. The molecule has 2 aromatic heterocycles. The molecule has 0 saturated carbocycles. The minimum atomic E-state index is -1.65. The number of carbonyl (C=O) groups is 1. The SMILES string of the molecule is CNCc1cc2cc3c(cc2n1C)NCCCc1c-3[nH]c(=O)c(OC(=O)O)c1O. The van der Waals surface area contributed by atoms with Crippen molar-refractivity contribution in [3.8, 4) is 22.8 Å². The van der Waals surface area contributed by atoms with Gasteiger partial charge in [-0.25, -0.2) is 4.79 Å². The van der Waals surface area contributed by atoms with Crippen LogP contribution in [-0.2, 0) is 20.0 Å². The molecule has 9 nitrogen and oxygen atoms in total. The normalized spacial score (nSPS) is 13.2. The number of ether oxygens (including phenoxy) is 1. The topological polar surface area (TPSA) is 129 Å². The number of aryl methyl sites for hydroxylation is 1. The van der Waals surface area contributed by atoms with Crippen LogP contribution in [0.15, 0.2) is 23.0 Å². The van der Waals surface area contributed by atoms with Crippen molar-refractivity contribution in [3.05, 3.63) is 39.8 Å². The summed E-state index contributed by atoms with van der Waals surface area (Å²) in [6.07, 6.45) is -0.505. The van der Waals surface area contributed by atoms with Crippen LogP contribution in [-0.4, -0.2) is 39.5 Å². The summed E-state index contributed by atoms with van der Waals surface area (Å²) in [4.78, 5) is 26.0. The summed E-state index contributed by atoms with van der Waals surface area (Å²) in [5.74, 6) is -1.02. The Morgan fingerprint density at radius 2 is 2.14 bits per heavy atom. The van der Waals surface area contributed by atoms with Gasteiger partial charge >= 0.3 is 6.16 Å². The van der Waals surface area contributed by atoms with E-state index in [4.69, 9.17) is 5.11 Å². The molecule has 9 heteroatoms. The minimum absolute atomic E-state index is 0.428. The summed E-state index contributed by atoms with van der Waals surface area (Å²) in [7, 11) is 3.89. The molecule has 0 unspecified atom stereocenters. The van der Waals surface area contributed by atoms with Crippen LogP contribution in [0, 0.1) is 0 Å². The van der Waals surface area contributed by atoms with E-state index in [-0.39, 0.29) is 0 Å². The molecule has 0 spiro atoms. The number of hydrogen-bond acceptors (Lipinski definition) is 6. The lowest BCUT2D eigenvalue weighted by Gasteiger charge is -2.20. The van der Waals surface area contributed by atoms with Crippen molar-refractivity contribution in [2.75, 3.05) is 18.9 Å². The molecule has 5 N–H and O–H groups in total. The number of rotatable bonds is 3. The summed E-state index contributed by atoms with van der Waals surface area (Å²) < 4.78 is 6.62. The van der Waals surface area contributed by atoms with E-state index < -0.39 is 23.2 Å². The smallest absolute Gasteiger partial charge is 0.504 e. The molecule has 0 fully saturated rings. The van der Waals surface area contributed by atoms with Gasteiger partial charge in [-0.05, 0) is 38.1 Å². The number of benzene rings is 1. The molecule has 29 heavy (non-hydrogen) atoms. The number of nitrogens with zero attached hydrogens (tertiary/aromatic N) is 1. The van der Waals surface area contributed by atoms with Gasteiger partial charge in [-0.2, -0.15) is 0 Å². The lowest BCUT2D eigenvalue weighted by Crippen LogP contribution is -2.19. The van der Waals surface area contributed by atoms with Crippen LogP contribution >= 0.6 is 0 Å². The molecular formula is C20H22N4O5. The van der Waals surface area contributed by atoms with Gasteiger partial charge in [-0.3, -0.25) is 4.79 Å². The van der Waals surface area contributed by atoms with Gasteiger partial charge in [-0.1, -0.05) is 0 Å². The molecule has 3 aromatic rings. The number of aromatic amines is 1. The number of anilines is 1. The van der Waals surface area contributed by atoms with Gasteiger partial charge in [0.1, 0.15) is 0 Å². The largest absolute Gasteiger partial charge is 0.511 e. The molecule has 0 saturated heterocycles. The Kier molecular flexibility index (Phi) is 4.67. The average molecular weight is 398 g/mol. The van der Waals surface area contributed by atoms with Crippen molar-refractivity contribution in [1.82, 2.24) is 14.9 Å². The van der Waals surface area contributed by atoms with Crippen molar-refractivity contribution < 1.29 is 19.7 Å². The minimum Gasteiger partial charge on any atom is -0.504 e. The third-order valence-corrected chi connectivity index (χ3v) is 5.26. The Balaban J connectivity index is 1.97. The molecule has 1 aromatic carbocycles. The van der Waals surface area contributed by atoms with E-state index in [0.717, 1.165) is 27.8 Å². The van der Waals surface area contributed by atoms with Crippen molar-refractivity contribution in [1.29, 1.82) is 0 Å². The van der Waals surface area contributed by atoms with E-state index in [1.807, 2.05) is 26.2 Å². The first kappa shape index (κ1) is 18.9. The zero-order valence-corrected chi connectivity index (χ0v) is 16.1. The Bertz CT molecular complexity index is 1180. The molecule has 0 amide bonds. The van der Waals surface area contributed by atoms with E-state index >= 15 is 0 Å². The van der Waals surface area contributed by atoms with Crippen LogP contribution < -0.4 is 20.9 Å². The fourth-order valence-electron chi connectivity index (χ4n) is 3.90. The predicted octanol–water partition coefficient (Wildman–Crippen LogP) is 2.37. The number of carboxylic acid groups (broad SMARTS) is 1. The summed E-state index contributed by atoms with van der Waals surface area (Å²) >= 11 is 0. The van der Waals surface area contributed by atoms with Gasteiger partial charge in [0, 0.05) is 48.0 Å². The van der Waals surface area contributed by atoms with Gasteiger partial charge in [-0.15, -0.1) is 0 Å². The molecule has 1 aliphatic heterocycles. The van der Waals surface area contributed by atoms with Crippen LogP contribution in [0.2, 0.25) is 0 Å². The van der Waals surface area contributed by atoms with E-state index in [1.165, 1.54) is 0 Å². The van der Waals surface area contributed by atoms with E-state index in [9.17, 15) is 14.7 Å². The summed E-state index contributed by atoms with van der Waals surface area (Å²) in [6, 6.07) is 6.06. The summed E-state index contributed by atoms with van der Waals surface area (Å²) in [5, 5.41) is 27.0. The lowest BCUT2D eigenvalue weighted by atomic mass is 9.96. The second-order valence-electron chi connectivity index (χ2n) is 7.07. The number of pyridine rings is 1. The first-order chi connectivity index (χ1) is 13.9. The monoisotopic (exact) mass is 398 g/mol. The van der Waals surface area contributed by atoms with Gasteiger partial charge in [0.15, 0.2) is 5.75 Å². The molecule has 4 rings (SSSR count). The molecule has 0 atom stereocenters. The van der Waals surface area contributed by atoms with Gasteiger partial charge in [0.2, 0.25) is 5.75 Å². The van der Waals surface area contributed by atoms with Crippen molar-refractivity contribution in [3.63, 3.8) is 0 Å². The molecule has 0 radical (unpaired) electrons. The lowest BCUT2D eigenvalue weighted by molar-refractivity contribution is 0.142. The van der Waals surface area contributed by atoms with E-state index in [1.54, 1.807) is 0 Å². The van der Waals surface area contributed by atoms with Crippen LogP contribution in [0.1, 0.15) is 17.7 Å². The highest BCUT2D eigenvalue weighted by Crippen LogP contribution is 2.40. The number of H-pyrrole nitrogens is 1. The third kappa shape index (κ3) is 3.19. The Hall–Kier alpha value is -3.46. The van der Waals surface area contributed by atoms with Gasteiger partial charge in [0.25, 0.3) is 5.56 Å². The van der Waals surface area contributed by atoms with Gasteiger partial charge < -0.3 is 35.1 Å². The second kappa shape index (κ2) is 7.17. The van der Waals surface area contributed by atoms with Crippen molar-refractivity contribution >= 4 is 22.7 Å². The third-order valence-electron chi connectivity index (χ3n) is 5.26. The van der Waals surface area contributed by atoms with Crippen LogP contribution in [0.25, 0.3) is 22.2 Å². The van der Waals surface area contributed by atoms with E-state index in [0.29, 0.717) is 37.2 Å². The number of nitrogens with one attached hydrogen (secondary N) is 3. The highest BCUT2D eigenvalue weighted by molar-refractivity contribution is 5.94. The zero-order chi connectivity index (χ0) is 20.7. The molecule has 0 bridgehead atoms. The van der Waals surface area contributed by atoms with E-state index in [2.05, 4.69) is 31.0 Å². The van der Waals surface area contributed by atoms with Crippen LogP contribution in [0.3, 0.4) is 0 Å². The fraction of sp³-hybridized carbons (Fsp3) is 0.300. The molecule has 152 valence electrons. The van der Waals surface area contributed by atoms with Crippen LogP contribution in [0.4, 0.5) is 10.5 Å². The highest BCUT2D eigenvalue weighted by Gasteiger charge is 2.24. The maximum Gasteiger partial charge on any atom is 0.511 e. The standard InChI is InChI=1S/C20H22N4O5/c1-21-9-11-6-10-7-13-14(8-15(10)24(11)2)22-5-3-4-12-16(13)23-19(26)18(17(12)25)29-20(27)28/h6-8,21-22H,3-5,9H2,1-2H3,(H,27,28)(H2,23,25,26).